The second-order valence-electron chi connectivity index (χ2n) is 5.67. The van der Waals surface area contributed by atoms with E-state index in [9.17, 15) is 4.79 Å². The Balaban J connectivity index is 2.22. The predicted molar refractivity (Wildman–Crippen MR) is 88.9 cm³/mol. The maximum absolute atomic E-state index is 11.7. The van der Waals surface area contributed by atoms with E-state index in [4.69, 9.17) is 5.26 Å². The van der Waals surface area contributed by atoms with Crippen LogP contribution in [0.5, 0.6) is 0 Å². The van der Waals surface area contributed by atoms with E-state index >= 15 is 0 Å². The van der Waals surface area contributed by atoms with E-state index < -0.39 is 0 Å². The highest BCUT2D eigenvalue weighted by atomic mass is 16.1. The second-order valence-corrected chi connectivity index (χ2v) is 5.67. The molecule has 4 nitrogen and oxygen atoms in total. The van der Waals surface area contributed by atoms with Gasteiger partial charge in [-0.3, -0.25) is 4.79 Å². The lowest BCUT2D eigenvalue weighted by atomic mass is 10.1. The SMILES string of the molecule is CC(C)CNC(=O)/C(C#N)=C\NCCCCc1ccccc1. The Bertz CT molecular complexity index is 515. The summed E-state index contributed by atoms with van der Waals surface area (Å²) >= 11 is 0. The van der Waals surface area contributed by atoms with Gasteiger partial charge in [-0.25, -0.2) is 0 Å². The molecule has 1 amide bonds. The van der Waals surface area contributed by atoms with Gasteiger partial charge in [0.25, 0.3) is 5.91 Å². The molecule has 0 radical (unpaired) electrons. The zero-order valence-corrected chi connectivity index (χ0v) is 13.4. The molecule has 0 spiro atoms. The Hall–Kier alpha value is -2.28. The van der Waals surface area contributed by atoms with Crippen molar-refractivity contribution in [2.24, 2.45) is 5.92 Å². The lowest BCUT2D eigenvalue weighted by Gasteiger charge is -2.07. The standard InChI is InChI=1S/C18H25N3O/c1-15(2)13-21-18(22)17(12-19)14-20-11-7-6-10-16-8-4-3-5-9-16/h3-5,8-9,14-15,20H,6-7,10-11,13H2,1-2H3,(H,21,22)/b17-14-. The number of amides is 1. The Kier molecular flexibility index (Phi) is 8.44. The molecule has 0 heterocycles. The monoisotopic (exact) mass is 299 g/mol. The number of hydrogen-bond donors (Lipinski definition) is 2. The molecule has 0 aliphatic rings. The van der Waals surface area contributed by atoms with Crippen LogP contribution in [-0.4, -0.2) is 19.0 Å². The van der Waals surface area contributed by atoms with Crippen molar-refractivity contribution in [1.82, 2.24) is 10.6 Å². The maximum atomic E-state index is 11.7. The van der Waals surface area contributed by atoms with Crippen molar-refractivity contribution in [1.29, 1.82) is 5.26 Å². The van der Waals surface area contributed by atoms with Crippen LogP contribution in [0.15, 0.2) is 42.1 Å². The van der Waals surface area contributed by atoms with Gasteiger partial charge in [0.1, 0.15) is 11.6 Å². The van der Waals surface area contributed by atoms with E-state index in [-0.39, 0.29) is 11.5 Å². The van der Waals surface area contributed by atoms with Crippen molar-refractivity contribution in [3.63, 3.8) is 0 Å². The molecular formula is C18H25N3O. The van der Waals surface area contributed by atoms with Crippen LogP contribution < -0.4 is 10.6 Å². The number of nitriles is 1. The number of unbranched alkanes of at least 4 members (excludes halogenated alkanes) is 1. The summed E-state index contributed by atoms with van der Waals surface area (Å²) < 4.78 is 0. The summed E-state index contributed by atoms with van der Waals surface area (Å²) in [5.74, 6) is 0.0582. The first-order chi connectivity index (χ1) is 10.6. The van der Waals surface area contributed by atoms with Crippen LogP contribution in [0.2, 0.25) is 0 Å². The number of aryl methyl sites for hydroxylation is 1. The molecule has 2 N–H and O–H groups in total. The zero-order chi connectivity index (χ0) is 16.2. The van der Waals surface area contributed by atoms with Gasteiger partial charge < -0.3 is 10.6 Å². The van der Waals surface area contributed by atoms with Crippen LogP contribution in [0.1, 0.15) is 32.3 Å². The summed E-state index contributed by atoms with van der Waals surface area (Å²) in [6.07, 6.45) is 4.63. The molecule has 22 heavy (non-hydrogen) atoms. The number of rotatable bonds is 9. The summed E-state index contributed by atoms with van der Waals surface area (Å²) in [6.45, 7) is 5.37. The van der Waals surface area contributed by atoms with Crippen molar-refractivity contribution in [2.75, 3.05) is 13.1 Å². The van der Waals surface area contributed by atoms with Crippen molar-refractivity contribution in [3.05, 3.63) is 47.7 Å². The third kappa shape index (κ3) is 7.49. The first-order valence-corrected chi connectivity index (χ1v) is 7.79. The van der Waals surface area contributed by atoms with Crippen molar-refractivity contribution < 1.29 is 4.79 Å². The fourth-order valence-electron chi connectivity index (χ4n) is 1.92. The number of hydrogen-bond acceptors (Lipinski definition) is 3. The summed E-state index contributed by atoms with van der Waals surface area (Å²) in [6, 6.07) is 12.3. The number of carbonyl (C=O) groups is 1. The topological polar surface area (TPSA) is 64.9 Å². The predicted octanol–water partition coefficient (Wildman–Crippen LogP) is 2.78. The minimum Gasteiger partial charge on any atom is -0.390 e. The summed E-state index contributed by atoms with van der Waals surface area (Å²) in [7, 11) is 0. The largest absolute Gasteiger partial charge is 0.390 e. The van der Waals surface area contributed by atoms with Crippen LogP contribution in [0.25, 0.3) is 0 Å². The average molecular weight is 299 g/mol. The van der Waals surface area contributed by atoms with Gasteiger partial charge in [0.05, 0.1) is 0 Å². The Morgan fingerprint density at radius 1 is 1.27 bits per heavy atom. The molecule has 0 atom stereocenters. The number of benzene rings is 1. The van der Waals surface area contributed by atoms with Gasteiger partial charge in [0.15, 0.2) is 0 Å². The highest BCUT2D eigenvalue weighted by molar-refractivity contribution is 5.97. The lowest BCUT2D eigenvalue weighted by molar-refractivity contribution is -0.117. The third-order valence-corrected chi connectivity index (χ3v) is 3.16. The molecule has 0 fully saturated rings. The number of nitrogens with one attached hydrogen (secondary N) is 2. The quantitative estimate of drug-likeness (QED) is 0.418. The molecule has 1 aromatic rings. The van der Waals surface area contributed by atoms with Crippen LogP contribution in [0, 0.1) is 17.2 Å². The fraction of sp³-hybridized carbons (Fsp3) is 0.444. The highest BCUT2D eigenvalue weighted by Crippen LogP contribution is 2.03. The first-order valence-electron chi connectivity index (χ1n) is 7.79. The van der Waals surface area contributed by atoms with Crippen LogP contribution in [-0.2, 0) is 11.2 Å². The Morgan fingerprint density at radius 3 is 2.64 bits per heavy atom. The van der Waals surface area contributed by atoms with Gasteiger partial charge in [0.2, 0.25) is 0 Å². The average Bonchev–Trinajstić information content (AvgIpc) is 2.53. The minimum atomic E-state index is -0.312. The summed E-state index contributed by atoms with van der Waals surface area (Å²) in [5.41, 5.74) is 1.47. The van der Waals surface area contributed by atoms with Crippen molar-refractivity contribution >= 4 is 5.91 Å². The fourth-order valence-corrected chi connectivity index (χ4v) is 1.92. The Labute approximate surface area is 133 Å². The van der Waals surface area contributed by atoms with E-state index in [2.05, 4.69) is 22.8 Å². The van der Waals surface area contributed by atoms with Gasteiger partial charge in [-0.2, -0.15) is 5.26 Å². The summed E-state index contributed by atoms with van der Waals surface area (Å²) in [4.78, 5) is 11.7. The second kappa shape index (κ2) is 10.4. The molecule has 4 heteroatoms. The van der Waals surface area contributed by atoms with Crippen molar-refractivity contribution in [3.8, 4) is 6.07 Å². The van der Waals surface area contributed by atoms with E-state index in [0.717, 1.165) is 25.8 Å². The minimum absolute atomic E-state index is 0.128. The number of nitrogens with zero attached hydrogens (tertiary/aromatic N) is 1. The summed E-state index contributed by atoms with van der Waals surface area (Å²) in [5, 5.41) is 14.8. The van der Waals surface area contributed by atoms with E-state index in [0.29, 0.717) is 12.5 Å². The van der Waals surface area contributed by atoms with Gasteiger partial charge in [0, 0.05) is 19.3 Å². The molecule has 0 unspecified atom stereocenters. The van der Waals surface area contributed by atoms with Crippen molar-refractivity contribution in [2.45, 2.75) is 33.1 Å². The molecule has 0 aliphatic heterocycles. The maximum Gasteiger partial charge on any atom is 0.263 e. The lowest BCUT2D eigenvalue weighted by Crippen LogP contribution is -2.29. The molecule has 1 rings (SSSR count). The van der Waals surface area contributed by atoms with Crippen LogP contribution in [0.3, 0.4) is 0 Å². The molecule has 0 bridgehead atoms. The van der Waals surface area contributed by atoms with Crippen LogP contribution in [0.4, 0.5) is 0 Å². The van der Waals surface area contributed by atoms with Gasteiger partial charge in [-0.05, 0) is 30.7 Å². The van der Waals surface area contributed by atoms with Gasteiger partial charge >= 0.3 is 0 Å². The van der Waals surface area contributed by atoms with Crippen LogP contribution >= 0.6 is 0 Å². The third-order valence-electron chi connectivity index (χ3n) is 3.16. The van der Waals surface area contributed by atoms with Gasteiger partial charge in [-0.1, -0.05) is 44.2 Å². The molecule has 0 aliphatic carbocycles. The van der Waals surface area contributed by atoms with E-state index in [1.54, 1.807) is 0 Å². The zero-order valence-electron chi connectivity index (χ0n) is 13.4. The molecule has 0 aromatic heterocycles. The molecule has 0 saturated carbocycles. The number of carbonyl (C=O) groups excluding carboxylic acids is 1. The normalized spacial score (nSPS) is 11.1. The highest BCUT2D eigenvalue weighted by Gasteiger charge is 2.08. The van der Waals surface area contributed by atoms with Gasteiger partial charge in [-0.15, -0.1) is 0 Å². The molecule has 1 aromatic carbocycles. The smallest absolute Gasteiger partial charge is 0.263 e. The first kappa shape index (κ1) is 17.8. The van der Waals surface area contributed by atoms with E-state index in [1.807, 2.05) is 38.1 Å². The molecule has 0 saturated heterocycles. The Morgan fingerprint density at radius 2 is 2.00 bits per heavy atom. The van der Waals surface area contributed by atoms with E-state index in [1.165, 1.54) is 11.8 Å². The molecule has 118 valence electrons. The molecular weight excluding hydrogens is 274 g/mol.